The van der Waals surface area contributed by atoms with Crippen LogP contribution < -0.4 is 0 Å². The average Bonchev–Trinajstić information content (AvgIpc) is 2.57. The number of rotatable bonds is 6. The molecule has 1 saturated carbocycles. The predicted octanol–water partition coefficient (Wildman–Crippen LogP) is 2.42. The maximum Gasteiger partial charge on any atom is 0.0661 e. The zero-order valence-electron chi connectivity index (χ0n) is 15.3. The first kappa shape index (κ1) is 19.6. The zero-order valence-corrected chi connectivity index (χ0v) is 15.3. The van der Waals surface area contributed by atoms with E-state index in [1.807, 2.05) is 6.92 Å². The molecule has 2 rings (SSSR count). The highest BCUT2D eigenvalue weighted by Gasteiger charge is 2.59. The largest absolute Gasteiger partial charge is 0.395 e. The molecule has 0 bridgehead atoms. The van der Waals surface area contributed by atoms with Crippen molar-refractivity contribution in [2.45, 2.75) is 59.0 Å². The highest BCUT2D eigenvalue weighted by molar-refractivity contribution is 5.25. The third-order valence-electron chi connectivity index (χ3n) is 7.18. The first-order valence-corrected chi connectivity index (χ1v) is 9.22. The van der Waals surface area contributed by atoms with Crippen molar-refractivity contribution in [2.75, 3.05) is 19.8 Å². The molecule has 2 aliphatic carbocycles. The van der Waals surface area contributed by atoms with Crippen LogP contribution in [0.1, 0.15) is 52.9 Å². The summed E-state index contributed by atoms with van der Waals surface area (Å²) in [6, 6.07) is 0. The quantitative estimate of drug-likeness (QED) is 0.561. The van der Waals surface area contributed by atoms with E-state index in [1.165, 1.54) is 0 Å². The van der Waals surface area contributed by atoms with Crippen molar-refractivity contribution in [3.8, 4) is 0 Å². The summed E-state index contributed by atoms with van der Waals surface area (Å²) in [5.41, 5.74) is 1.45. The van der Waals surface area contributed by atoms with E-state index in [0.29, 0.717) is 12.3 Å². The van der Waals surface area contributed by atoms with Crippen LogP contribution in [0.25, 0.3) is 0 Å². The maximum atomic E-state index is 10.9. The Bertz CT molecular complexity index is 498. The molecule has 0 aromatic carbocycles. The smallest absolute Gasteiger partial charge is 0.0661 e. The van der Waals surface area contributed by atoms with Crippen LogP contribution in [-0.2, 0) is 0 Å². The van der Waals surface area contributed by atoms with Gasteiger partial charge in [-0.15, -0.1) is 0 Å². The lowest BCUT2D eigenvalue weighted by Gasteiger charge is -2.60. The Morgan fingerprint density at radius 1 is 1.33 bits per heavy atom. The Kier molecular flexibility index (Phi) is 6.29. The number of hydrogen-bond acceptors (Lipinski definition) is 4. The lowest BCUT2D eigenvalue weighted by atomic mass is 9.45. The summed E-state index contributed by atoms with van der Waals surface area (Å²) in [5.74, 6) is 0.574. The fraction of sp³-hybridized carbons (Fsp3) is 0.800. The molecule has 1 fully saturated rings. The Hall–Kier alpha value is -0.680. The number of hydrogen-bond donors (Lipinski definition) is 4. The molecule has 5 unspecified atom stereocenters. The lowest BCUT2D eigenvalue weighted by Crippen LogP contribution is -2.59. The van der Waals surface area contributed by atoms with Crippen molar-refractivity contribution in [1.29, 1.82) is 0 Å². The molecule has 5 atom stereocenters. The van der Waals surface area contributed by atoms with Gasteiger partial charge < -0.3 is 20.4 Å². The Balaban J connectivity index is 2.34. The summed E-state index contributed by atoms with van der Waals surface area (Å²) in [6.45, 7) is 6.45. The van der Waals surface area contributed by atoms with Crippen LogP contribution in [-0.4, -0.2) is 46.4 Å². The molecule has 0 spiro atoms. The summed E-state index contributed by atoms with van der Waals surface area (Å²) >= 11 is 0. The number of fused-ring (bicyclic) bond motifs is 1. The lowest BCUT2D eigenvalue weighted by molar-refractivity contribution is -0.150. The number of aliphatic hydroxyl groups is 4. The van der Waals surface area contributed by atoms with Crippen LogP contribution in [0.15, 0.2) is 23.3 Å². The summed E-state index contributed by atoms with van der Waals surface area (Å²) in [7, 11) is 0. The fourth-order valence-corrected chi connectivity index (χ4v) is 5.33. The fourth-order valence-electron chi connectivity index (χ4n) is 5.33. The van der Waals surface area contributed by atoms with E-state index >= 15 is 0 Å². The van der Waals surface area contributed by atoms with Crippen LogP contribution >= 0.6 is 0 Å². The van der Waals surface area contributed by atoms with Crippen molar-refractivity contribution >= 4 is 0 Å². The SMILES string of the molecule is CC1=CCCC2C(C)(CCC(=CCO)CO)C(C)CC(O)C12CO. The molecule has 4 heteroatoms. The summed E-state index contributed by atoms with van der Waals surface area (Å²) in [6.07, 6.45) is 7.67. The van der Waals surface area contributed by atoms with Crippen molar-refractivity contribution in [2.24, 2.45) is 22.7 Å². The van der Waals surface area contributed by atoms with E-state index in [9.17, 15) is 15.3 Å². The molecule has 138 valence electrons. The molecule has 0 aliphatic heterocycles. The highest BCUT2D eigenvalue weighted by atomic mass is 16.3. The minimum absolute atomic E-state index is 0.0111. The second-order valence-corrected chi connectivity index (χ2v) is 8.08. The van der Waals surface area contributed by atoms with Gasteiger partial charge in [-0.1, -0.05) is 31.6 Å². The van der Waals surface area contributed by atoms with Crippen molar-refractivity contribution in [3.05, 3.63) is 23.3 Å². The van der Waals surface area contributed by atoms with E-state index < -0.39 is 11.5 Å². The minimum Gasteiger partial charge on any atom is -0.395 e. The number of aliphatic hydroxyl groups excluding tert-OH is 4. The van der Waals surface area contributed by atoms with Gasteiger partial charge in [0.15, 0.2) is 0 Å². The van der Waals surface area contributed by atoms with Crippen LogP contribution in [0.5, 0.6) is 0 Å². The predicted molar refractivity (Wildman–Crippen MR) is 95.4 cm³/mol. The van der Waals surface area contributed by atoms with E-state index in [1.54, 1.807) is 6.08 Å². The van der Waals surface area contributed by atoms with Gasteiger partial charge in [-0.05, 0) is 61.9 Å². The Morgan fingerprint density at radius 2 is 2.04 bits per heavy atom. The van der Waals surface area contributed by atoms with Crippen molar-refractivity contribution in [1.82, 2.24) is 0 Å². The van der Waals surface area contributed by atoms with Gasteiger partial charge in [0.25, 0.3) is 0 Å². The third kappa shape index (κ3) is 3.10. The van der Waals surface area contributed by atoms with E-state index in [-0.39, 0.29) is 31.2 Å². The summed E-state index contributed by atoms with van der Waals surface area (Å²) < 4.78 is 0. The van der Waals surface area contributed by atoms with Gasteiger partial charge in [0.1, 0.15) is 0 Å². The Labute approximate surface area is 145 Å². The molecule has 4 nitrogen and oxygen atoms in total. The van der Waals surface area contributed by atoms with Gasteiger partial charge >= 0.3 is 0 Å². The molecular formula is C20H34O4. The van der Waals surface area contributed by atoms with Gasteiger partial charge in [-0.2, -0.15) is 0 Å². The van der Waals surface area contributed by atoms with Gasteiger partial charge in [0.2, 0.25) is 0 Å². The van der Waals surface area contributed by atoms with E-state index in [4.69, 9.17) is 5.11 Å². The molecule has 24 heavy (non-hydrogen) atoms. The standard InChI is InChI=1S/C20H34O4/c1-14-5-4-6-17-19(3,9-7-16(12-22)8-10-21)15(2)11-18(24)20(14,17)13-23/h5,8,15,17-18,21-24H,4,6-7,9-13H2,1-3H3. The van der Waals surface area contributed by atoms with Gasteiger partial charge in [0.05, 0.1) is 25.9 Å². The topological polar surface area (TPSA) is 80.9 Å². The van der Waals surface area contributed by atoms with Crippen LogP contribution in [0, 0.1) is 22.7 Å². The van der Waals surface area contributed by atoms with Crippen LogP contribution in [0.4, 0.5) is 0 Å². The first-order chi connectivity index (χ1) is 11.4. The Morgan fingerprint density at radius 3 is 2.62 bits per heavy atom. The van der Waals surface area contributed by atoms with Crippen molar-refractivity contribution in [3.63, 3.8) is 0 Å². The average molecular weight is 338 g/mol. The molecular weight excluding hydrogens is 304 g/mol. The highest BCUT2D eigenvalue weighted by Crippen LogP contribution is 2.61. The monoisotopic (exact) mass is 338 g/mol. The maximum absolute atomic E-state index is 10.9. The molecule has 0 aromatic rings. The van der Waals surface area contributed by atoms with Gasteiger partial charge in [-0.25, -0.2) is 0 Å². The second kappa shape index (κ2) is 7.69. The molecule has 2 aliphatic rings. The molecule has 0 amide bonds. The number of allylic oxidation sites excluding steroid dienone is 1. The molecule has 0 radical (unpaired) electrons. The summed E-state index contributed by atoms with van der Waals surface area (Å²) in [5, 5.41) is 39.7. The summed E-state index contributed by atoms with van der Waals surface area (Å²) in [4.78, 5) is 0. The normalized spacial score (nSPS) is 40.2. The van der Waals surface area contributed by atoms with Crippen molar-refractivity contribution < 1.29 is 20.4 Å². The first-order valence-electron chi connectivity index (χ1n) is 9.22. The van der Waals surface area contributed by atoms with Gasteiger partial charge in [0, 0.05) is 5.41 Å². The molecule has 0 aromatic heterocycles. The molecule has 0 heterocycles. The molecule has 0 saturated heterocycles. The molecule has 4 N–H and O–H groups in total. The van der Waals surface area contributed by atoms with Crippen LogP contribution in [0.3, 0.4) is 0 Å². The third-order valence-corrected chi connectivity index (χ3v) is 7.18. The van der Waals surface area contributed by atoms with Gasteiger partial charge in [-0.3, -0.25) is 0 Å². The van der Waals surface area contributed by atoms with Crippen LogP contribution in [0.2, 0.25) is 0 Å². The zero-order chi connectivity index (χ0) is 18.0. The van der Waals surface area contributed by atoms with E-state index in [0.717, 1.165) is 36.8 Å². The second-order valence-electron chi connectivity index (χ2n) is 8.08. The minimum atomic E-state index is -0.528. The van der Waals surface area contributed by atoms with E-state index in [2.05, 4.69) is 19.9 Å².